The molecule has 31 heavy (non-hydrogen) atoms. The highest BCUT2D eigenvalue weighted by atomic mass is 16.4. The van der Waals surface area contributed by atoms with E-state index >= 15 is 0 Å². The zero-order valence-electron chi connectivity index (χ0n) is 18.1. The molecule has 0 aromatic carbocycles. The number of carbonyl (C=O) groups is 4. The first-order valence-electron chi connectivity index (χ1n) is 10.5. The van der Waals surface area contributed by atoms with Gasteiger partial charge in [0, 0.05) is 18.3 Å². The van der Waals surface area contributed by atoms with Gasteiger partial charge in [0.1, 0.15) is 18.1 Å². The third-order valence-electron chi connectivity index (χ3n) is 5.06. The molecule has 172 valence electrons. The van der Waals surface area contributed by atoms with Gasteiger partial charge in [0.25, 0.3) is 0 Å². The minimum atomic E-state index is -1.19. The van der Waals surface area contributed by atoms with Crippen molar-refractivity contribution >= 4 is 23.7 Å². The van der Waals surface area contributed by atoms with E-state index in [2.05, 4.69) is 31.2 Å². The molecular weight excluding hydrogens is 404 g/mol. The van der Waals surface area contributed by atoms with Gasteiger partial charge in [0.15, 0.2) is 0 Å². The number of amides is 3. The molecule has 1 saturated heterocycles. The number of aromatic nitrogens is 2. The van der Waals surface area contributed by atoms with Gasteiger partial charge in [-0.2, -0.15) is 0 Å². The van der Waals surface area contributed by atoms with E-state index in [1.807, 2.05) is 13.8 Å². The van der Waals surface area contributed by atoms with Crippen molar-refractivity contribution in [3.05, 3.63) is 18.2 Å². The summed E-state index contributed by atoms with van der Waals surface area (Å²) < 4.78 is 0. The predicted molar refractivity (Wildman–Crippen MR) is 112 cm³/mol. The van der Waals surface area contributed by atoms with Crippen LogP contribution in [0.1, 0.15) is 45.7 Å². The van der Waals surface area contributed by atoms with Crippen molar-refractivity contribution in [1.82, 2.24) is 31.2 Å². The van der Waals surface area contributed by atoms with Gasteiger partial charge in [-0.25, -0.2) is 4.98 Å². The largest absolute Gasteiger partial charge is 0.480 e. The molecular formula is C20H32N6O5. The summed E-state index contributed by atoms with van der Waals surface area (Å²) in [6.45, 7) is 5.96. The summed E-state index contributed by atoms with van der Waals surface area (Å²) in [6, 6.07) is -3.30. The molecule has 4 atom stereocenters. The Hall–Kier alpha value is -2.95. The maximum Gasteiger partial charge on any atom is 0.325 e. The number of hydrogen-bond acceptors (Lipinski definition) is 6. The quantitative estimate of drug-likeness (QED) is 0.267. The number of carbonyl (C=O) groups excluding carboxylic acids is 3. The summed E-state index contributed by atoms with van der Waals surface area (Å²) in [6.07, 6.45) is 5.06. The molecule has 11 nitrogen and oxygen atoms in total. The first kappa shape index (κ1) is 24.3. The molecule has 11 heteroatoms. The summed E-state index contributed by atoms with van der Waals surface area (Å²) in [5.74, 6) is -2.44. The number of nitrogens with one attached hydrogen (secondary N) is 5. The molecule has 0 bridgehead atoms. The van der Waals surface area contributed by atoms with Crippen LogP contribution in [0.3, 0.4) is 0 Å². The molecule has 2 rings (SSSR count). The molecule has 1 aromatic rings. The normalized spacial score (nSPS) is 18.8. The third-order valence-corrected chi connectivity index (χ3v) is 5.06. The van der Waals surface area contributed by atoms with Crippen molar-refractivity contribution in [1.29, 1.82) is 0 Å². The molecule has 0 radical (unpaired) electrons. The first-order valence-corrected chi connectivity index (χ1v) is 10.5. The van der Waals surface area contributed by atoms with Gasteiger partial charge in [-0.15, -0.1) is 0 Å². The topological polar surface area (TPSA) is 165 Å². The molecule has 3 amide bonds. The Morgan fingerprint density at radius 2 is 1.84 bits per heavy atom. The second kappa shape index (κ2) is 11.4. The smallest absolute Gasteiger partial charge is 0.325 e. The van der Waals surface area contributed by atoms with Crippen LogP contribution in [0.15, 0.2) is 12.5 Å². The number of H-pyrrole nitrogens is 1. The number of imidazole rings is 1. The van der Waals surface area contributed by atoms with Crippen molar-refractivity contribution in [3.8, 4) is 0 Å². The summed E-state index contributed by atoms with van der Waals surface area (Å²) in [5.41, 5.74) is 0.600. The monoisotopic (exact) mass is 436 g/mol. The zero-order chi connectivity index (χ0) is 23.0. The predicted octanol–water partition coefficient (Wildman–Crippen LogP) is -0.691. The molecule has 1 aliphatic heterocycles. The number of carboxylic acids is 1. The van der Waals surface area contributed by atoms with Crippen LogP contribution in [0, 0.1) is 5.92 Å². The SMILES string of the molecule is CC(C)CC(NC(=O)C1CCCN1)C(=O)NC(Cc1cnc[nH]1)C(=O)NC(C)C(=O)O. The van der Waals surface area contributed by atoms with E-state index in [0.717, 1.165) is 13.0 Å². The molecule has 1 aliphatic rings. The van der Waals surface area contributed by atoms with E-state index in [1.165, 1.54) is 19.4 Å². The fourth-order valence-corrected chi connectivity index (χ4v) is 3.36. The Kier molecular flexibility index (Phi) is 8.98. The van der Waals surface area contributed by atoms with E-state index in [4.69, 9.17) is 5.11 Å². The highest BCUT2D eigenvalue weighted by Gasteiger charge is 2.31. The van der Waals surface area contributed by atoms with Crippen molar-refractivity contribution < 1.29 is 24.3 Å². The molecule has 4 unspecified atom stereocenters. The summed E-state index contributed by atoms with van der Waals surface area (Å²) in [4.78, 5) is 56.1. The lowest BCUT2D eigenvalue weighted by Crippen LogP contribution is -2.57. The highest BCUT2D eigenvalue weighted by molar-refractivity contribution is 5.94. The van der Waals surface area contributed by atoms with Crippen LogP contribution in [-0.2, 0) is 25.6 Å². The fraction of sp³-hybridized carbons (Fsp3) is 0.650. The summed E-state index contributed by atoms with van der Waals surface area (Å²) in [5, 5.41) is 20.0. The van der Waals surface area contributed by atoms with Crippen molar-refractivity contribution in [2.45, 2.75) is 70.6 Å². The lowest BCUT2D eigenvalue weighted by Gasteiger charge is -2.25. The summed E-state index contributed by atoms with van der Waals surface area (Å²) >= 11 is 0. The van der Waals surface area contributed by atoms with Crippen LogP contribution in [0.5, 0.6) is 0 Å². The van der Waals surface area contributed by atoms with Crippen LogP contribution < -0.4 is 21.3 Å². The molecule has 2 heterocycles. The maximum atomic E-state index is 13.0. The van der Waals surface area contributed by atoms with Gasteiger partial charge in [-0.3, -0.25) is 19.2 Å². The number of hydrogen-bond donors (Lipinski definition) is 6. The minimum absolute atomic E-state index is 0.0937. The van der Waals surface area contributed by atoms with Crippen molar-refractivity contribution in [3.63, 3.8) is 0 Å². The molecule has 6 N–H and O–H groups in total. The summed E-state index contributed by atoms with van der Waals surface area (Å²) in [7, 11) is 0. The molecule has 0 saturated carbocycles. The van der Waals surface area contributed by atoms with Crippen LogP contribution in [0.2, 0.25) is 0 Å². The Morgan fingerprint density at radius 1 is 1.13 bits per heavy atom. The lowest BCUT2D eigenvalue weighted by molar-refractivity contribution is -0.141. The van der Waals surface area contributed by atoms with E-state index < -0.39 is 35.9 Å². The minimum Gasteiger partial charge on any atom is -0.480 e. The molecule has 0 spiro atoms. The van der Waals surface area contributed by atoms with E-state index in [9.17, 15) is 19.2 Å². The van der Waals surface area contributed by atoms with E-state index in [1.54, 1.807) is 0 Å². The Bertz CT molecular complexity index is 760. The van der Waals surface area contributed by atoms with Crippen LogP contribution >= 0.6 is 0 Å². The van der Waals surface area contributed by atoms with Crippen LogP contribution in [0.25, 0.3) is 0 Å². The average molecular weight is 437 g/mol. The van der Waals surface area contributed by atoms with Gasteiger partial charge < -0.3 is 31.4 Å². The molecule has 1 fully saturated rings. The molecule has 0 aliphatic carbocycles. The highest BCUT2D eigenvalue weighted by Crippen LogP contribution is 2.10. The molecule has 1 aromatic heterocycles. The third kappa shape index (κ3) is 7.67. The Morgan fingerprint density at radius 3 is 2.39 bits per heavy atom. The van der Waals surface area contributed by atoms with Gasteiger partial charge >= 0.3 is 5.97 Å². The van der Waals surface area contributed by atoms with E-state index in [-0.39, 0.29) is 24.3 Å². The number of nitrogens with zero attached hydrogens (tertiary/aromatic N) is 1. The van der Waals surface area contributed by atoms with E-state index in [0.29, 0.717) is 18.5 Å². The standard InChI is InChI=1S/C20H32N6O5/c1-11(2)7-15(25-17(27)14-5-4-6-22-14)19(29)26-16(8-13-9-21-10-23-13)18(28)24-12(3)20(30)31/h9-12,14-16,22H,4-8H2,1-3H3,(H,21,23)(H,24,28)(H,25,27)(H,26,29)(H,30,31). The number of rotatable bonds is 11. The fourth-order valence-electron chi connectivity index (χ4n) is 3.36. The van der Waals surface area contributed by atoms with Crippen molar-refractivity contribution in [2.75, 3.05) is 6.54 Å². The number of carboxylic acid groups (broad SMARTS) is 1. The maximum absolute atomic E-state index is 13.0. The van der Waals surface area contributed by atoms with Crippen LogP contribution in [0.4, 0.5) is 0 Å². The van der Waals surface area contributed by atoms with Crippen molar-refractivity contribution in [2.24, 2.45) is 5.92 Å². The number of aliphatic carboxylic acids is 1. The second-order valence-corrected chi connectivity index (χ2v) is 8.25. The Balaban J connectivity index is 2.11. The van der Waals surface area contributed by atoms with Gasteiger partial charge in [0.05, 0.1) is 12.4 Å². The van der Waals surface area contributed by atoms with Gasteiger partial charge in [-0.1, -0.05) is 13.8 Å². The number of aromatic amines is 1. The van der Waals surface area contributed by atoms with Crippen LogP contribution in [-0.4, -0.2) is 69.5 Å². The van der Waals surface area contributed by atoms with Gasteiger partial charge in [-0.05, 0) is 38.6 Å². The first-order chi connectivity index (χ1) is 14.7. The zero-order valence-corrected chi connectivity index (χ0v) is 18.1. The average Bonchev–Trinajstić information content (AvgIpc) is 3.40. The second-order valence-electron chi connectivity index (χ2n) is 8.25. The lowest BCUT2D eigenvalue weighted by atomic mass is 10.0. The van der Waals surface area contributed by atoms with Gasteiger partial charge in [0.2, 0.25) is 17.7 Å². The Labute approximate surface area is 181 Å².